The minimum absolute atomic E-state index is 1.03. The molecule has 0 aliphatic rings. The minimum Gasteiger partial charge on any atom is -0.311 e. The van der Waals surface area contributed by atoms with Gasteiger partial charge in [-0.1, -0.05) is 103 Å². The number of fused-ring (bicyclic) bond motifs is 2. The van der Waals surface area contributed by atoms with Gasteiger partial charge < -0.3 is 9.80 Å². The summed E-state index contributed by atoms with van der Waals surface area (Å²) in [5.74, 6) is 0. The van der Waals surface area contributed by atoms with Gasteiger partial charge in [0.2, 0.25) is 0 Å². The fourth-order valence-electron chi connectivity index (χ4n) is 7.30. The number of hydrogen-bond donors (Lipinski definition) is 0. The summed E-state index contributed by atoms with van der Waals surface area (Å²) in [7, 11) is 0. The van der Waals surface area contributed by atoms with E-state index in [9.17, 15) is 0 Å². The third-order valence-electron chi connectivity index (χ3n) is 10.1. The Kier molecular flexibility index (Phi) is 8.92. The van der Waals surface area contributed by atoms with Crippen molar-refractivity contribution >= 4 is 77.1 Å². The average Bonchev–Trinajstić information content (AvgIpc) is 3.91. The lowest BCUT2D eigenvalue weighted by atomic mass is 10.0. The standard InChI is InChI=1S/C51H35N3S2/c1-3-12-41(13-4-1)53(45-31-23-38(24-32-45)50-35-40-11-7-9-17-48(40)55-50)43-27-19-36(20-28-43)37-21-29-44(30-22-37)54(42-14-5-2-6-15-42)46-33-25-39(26-34-46)51-52-47-16-8-10-18-49(47)56-51/h1-35H. The van der Waals surface area contributed by atoms with Crippen LogP contribution in [0.1, 0.15) is 0 Å². The SMILES string of the molecule is c1ccc(N(c2ccc(-c3ccc(N(c4ccccc4)c4ccc(-c5nc6ccccc6s5)cc4)cc3)cc2)c2ccc(-c3cc4ccccc4s3)cc2)cc1. The zero-order valence-corrected chi connectivity index (χ0v) is 32.0. The van der Waals surface area contributed by atoms with E-state index in [4.69, 9.17) is 4.98 Å². The van der Waals surface area contributed by atoms with E-state index in [1.54, 1.807) is 11.3 Å². The van der Waals surface area contributed by atoms with Gasteiger partial charge in [-0.25, -0.2) is 4.98 Å². The first kappa shape index (κ1) is 33.8. The molecule has 0 aliphatic carbocycles. The number of nitrogens with zero attached hydrogens (tertiary/aromatic N) is 3. The molecule has 0 amide bonds. The van der Waals surface area contributed by atoms with Crippen LogP contribution in [-0.2, 0) is 0 Å². The molecule has 3 nitrogen and oxygen atoms in total. The summed E-state index contributed by atoms with van der Waals surface area (Å²) in [6.07, 6.45) is 0. The van der Waals surface area contributed by atoms with Crippen LogP contribution in [0.2, 0.25) is 0 Å². The number of thiazole rings is 1. The first-order chi connectivity index (χ1) is 27.7. The predicted octanol–water partition coefficient (Wildman–Crippen LogP) is 15.5. The van der Waals surface area contributed by atoms with Crippen molar-refractivity contribution in [3.63, 3.8) is 0 Å². The second kappa shape index (κ2) is 14.8. The Morgan fingerprint density at radius 1 is 0.321 bits per heavy atom. The number of benzene rings is 8. The highest BCUT2D eigenvalue weighted by atomic mass is 32.1. The van der Waals surface area contributed by atoms with Crippen molar-refractivity contribution in [3.05, 3.63) is 212 Å². The molecule has 266 valence electrons. The van der Waals surface area contributed by atoms with E-state index in [0.29, 0.717) is 0 Å². The summed E-state index contributed by atoms with van der Waals surface area (Å²) in [6.45, 7) is 0. The van der Waals surface area contributed by atoms with Gasteiger partial charge in [0.25, 0.3) is 0 Å². The van der Waals surface area contributed by atoms with Gasteiger partial charge >= 0.3 is 0 Å². The molecule has 56 heavy (non-hydrogen) atoms. The summed E-state index contributed by atoms with van der Waals surface area (Å²) >= 11 is 3.57. The average molecular weight is 754 g/mol. The van der Waals surface area contributed by atoms with E-state index in [1.165, 1.54) is 36.4 Å². The molecule has 0 radical (unpaired) electrons. The number of hydrogen-bond acceptors (Lipinski definition) is 5. The predicted molar refractivity (Wildman–Crippen MR) is 241 cm³/mol. The van der Waals surface area contributed by atoms with Gasteiger partial charge in [-0.3, -0.25) is 0 Å². The topological polar surface area (TPSA) is 19.4 Å². The largest absolute Gasteiger partial charge is 0.311 e. The zero-order valence-electron chi connectivity index (χ0n) is 30.4. The van der Waals surface area contributed by atoms with Gasteiger partial charge in [-0.2, -0.15) is 0 Å². The second-order valence-corrected chi connectivity index (χ2v) is 15.8. The Hall–Kier alpha value is -6.79. The molecule has 5 heteroatoms. The van der Waals surface area contributed by atoms with Crippen LogP contribution in [0.4, 0.5) is 34.1 Å². The zero-order chi connectivity index (χ0) is 37.3. The molecule has 0 fully saturated rings. The molecule has 2 heterocycles. The molecule has 10 rings (SSSR count). The maximum atomic E-state index is 4.88. The monoisotopic (exact) mass is 753 g/mol. The van der Waals surface area contributed by atoms with Gasteiger partial charge in [0.05, 0.1) is 10.2 Å². The van der Waals surface area contributed by atoms with E-state index < -0.39 is 0 Å². The van der Waals surface area contributed by atoms with Crippen molar-refractivity contribution in [1.82, 2.24) is 4.98 Å². The molecule has 0 aliphatic heterocycles. The Labute approximate surface area is 334 Å². The van der Waals surface area contributed by atoms with E-state index in [2.05, 4.69) is 216 Å². The molecule has 0 N–H and O–H groups in total. The van der Waals surface area contributed by atoms with Crippen LogP contribution in [0.5, 0.6) is 0 Å². The Morgan fingerprint density at radius 2 is 0.732 bits per heavy atom. The molecular weight excluding hydrogens is 719 g/mol. The van der Waals surface area contributed by atoms with E-state index in [0.717, 1.165) is 50.2 Å². The van der Waals surface area contributed by atoms with E-state index in [1.807, 2.05) is 17.4 Å². The minimum atomic E-state index is 1.03. The number of aromatic nitrogens is 1. The van der Waals surface area contributed by atoms with Crippen LogP contribution >= 0.6 is 22.7 Å². The van der Waals surface area contributed by atoms with Gasteiger partial charge in [0.1, 0.15) is 5.01 Å². The van der Waals surface area contributed by atoms with Crippen LogP contribution in [0.15, 0.2) is 212 Å². The molecule has 0 bridgehead atoms. The molecule has 2 aromatic heterocycles. The van der Waals surface area contributed by atoms with Crippen molar-refractivity contribution < 1.29 is 0 Å². The van der Waals surface area contributed by atoms with Crippen LogP contribution in [-0.4, -0.2) is 4.98 Å². The summed E-state index contributed by atoms with van der Waals surface area (Å²) in [5, 5.41) is 2.32. The van der Waals surface area contributed by atoms with Crippen molar-refractivity contribution in [3.8, 4) is 32.1 Å². The summed E-state index contributed by atoms with van der Waals surface area (Å²) in [6, 6.07) is 75.8. The fraction of sp³-hybridized carbons (Fsp3) is 0. The number of para-hydroxylation sites is 3. The number of thiophene rings is 1. The van der Waals surface area contributed by atoms with E-state index in [-0.39, 0.29) is 0 Å². The fourth-order valence-corrected chi connectivity index (χ4v) is 9.34. The first-order valence-electron chi connectivity index (χ1n) is 18.7. The third-order valence-corrected chi connectivity index (χ3v) is 12.4. The maximum absolute atomic E-state index is 4.88. The van der Waals surface area contributed by atoms with Crippen molar-refractivity contribution in [2.45, 2.75) is 0 Å². The normalized spacial score (nSPS) is 11.2. The highest BCUT2D eigenvalue weighted by Crippen LogP contribution is 2.40. The smallest absolute Gasteiger partial charge is 0.124 e. The molecular formula is C51H35N3S2. The Morgan fingerprint density at radius 3 is 1.23 bits per heavy atom. The molecule has 0 unspecified atom stereocenters. The molecule has 0 atom stereocenters. The lowest BCUT2D eigenvalue weighted by Crippen LogP contribution is -2.10. The Bertz CT molecular complexity index is 2610. The van der Waals surface area contributed by atoms with Crippen molar-refractivity contribution in [1.29, 1.82) is 0 Å². The quantitative estimate of drug-likeness (QED) is 0.146. The van der Waals surface area contributed by atoms with Crippen molar-refractivity contribution in [2.75, 3.05) is 9.80 Å². The lowest BCUT2D eigenvalue weighted by Gasteiger charge is -2.26. The first-order valence-corrected chi connectivity index (χ1v) is 20.3. The molecule has 0 saturated carbocycles. The van der Waals surface area contributed by atoms with Crippen LogP contribution in [0.3, 0.4) is 0 Å². The third kappa shape index (κ3) is 6.64. The van der Waals surface area contributed by atoms with Crippen LogP contribution in [0, 0.1) is 0 Å². The number of rotatable bonds is 9. The molecule has 10 aromatic rings. The van der Waals surface area contributed by atoms with Crippen LogP contribution < -0.4 is 9.80 Å². The van der Waals surface area contributed by atoms with Crippen LogP contribution in [0.25, 0.3) is 52.4 Å². The van der Waals surface area contributed by atoms with Gasteiger partial charge in [0.15, 0.2) is 0 Å². The van der Waals surface area contributed by atoms with Crippen molar-refractivity contribution in [2.24, 2.45) is 0 Å². The summed E-state index contributed by atoms with van der Waals surface area (Å²) in [4.78, 5) is 10.8. The number of anilines is 6. The lowest BCUT2D eigenvalue weighted by molar-refractivity contribution is 1.28. The molecule has 0 saturated heterocycles. The molecule has 0 spiro atoms. The highest BCUT2D eigenvalue weighted by molar-refractivity contribution is 7.22. The van der Waals surface area contributed by atoms with Gasteiger partial charge in [-0.15, -0.1) is 22.7 Å². The second-order valence-electron chi connectivity index (χ2n) is 13.7. The highest BCUT2D eigenvalue weighted by Gasteiger charge is 2.16. The Balaban J connectivity index is 0.925. The summed E-state index contributed by atoms with van der Waals surface area (Å²) < 4.78 is 2.52. The molecule has 8 aromatic carbocycles. The summed E-state index contributed by atoms with van der Waals surface area (Å²) in [5.41, 5.74) is 12.4. The van der Waals surface area contributed by atoms with E-state index >= 15 is 0 Å². The van der Waals surface area contributed by atoms with Gasteiger partial charge in [0, 0.05) is 49.3 Å². The van der Waals surface area contributed by atoms with Gasteiger partial charge in [-0.05, 0) is 131 Å². The maximum Gasteiger partial charge on any atom is 0.124 e.